The van der Waals surface area contributed by atoms with E-state index in [0.29, 0.717) is 36.4 Å². The number of nitriles is 1. The zero-order chi connectivity index (χ0) is 13.2. The molecule has 1 aromatic carbocycles. The van der Waals surface area contributed by atoms with E-state index >= 15 is 0 Å². The molecule has 0 amide bonds. The van der Waals surface area contributed by atoms with E-state index in [4.69, 9.17) is 10.00 Å². The lowest BCUT2D eigenvalue weighted by Gasteiger charge is -2.39. The number of benzene rings is 1. The summed E-state index contributed by atoms with van der Waals surface area (Å²) in [6, 6.07) is 9.61. The highest BCUT2D eigenvalue weighted by Gasteiger charge is 2.35. The minimum absolute atomic E-state index is 0.0769. The maximum atomic E-state index is 12.5. The number of nitrogens with zero attached hydrogens (tertiary/aromatic N) is 1. The Kier molecular flexibility index (Phi) is 3.33. The molecule has 4 nitrogen and oxygen atoms in total. The van der Waals surface area contributed by atoms with E-state index in [1.807, 2.05) is 0 Å². The van der Waals surface area contributed by atoms with Gasteiger partial charge in [-0.1, -0.05) is 12.1 Å². The Labute approximate surface area is 112 Å². The third kappa shape index (κ3) is 2.53. The Morgan fingerprint density at radius 3 is 2.42 bits per heavy atom. The van der Waals surface area contributed by atoms with E-state index in [9.17, 15) is 4.79 Å². The van der Waals surface area contributed by atoms with E-state index in [-0.39, 0.29) is 11.7 Å². The molecule has 2 saturated heterocycles. The standard InChI is InChI=1S/C15H16N2O2/c16-7-10-1-3-11(4-2-10)15(18)12-5-13-8-19-9-14(6-12)17-13/h1-4,12-14,17H,5-6,8-9H2. The number of carbonyl (C=O) groups excluding carboxylic acids is 1. The van der Waals surface area contributed by atoms with Crippen LogP contribution in [0.1, 0.15) is 28.8 Å². The van der Waals surface area contributed by atoms with Crippen molar-refractivity contribution in [3.63, 3.8) is 0 Å². The van der Waals surface area contributed by atoms with Gasteiger partial charge in [-0.15, -0.1) is 0 Å². The van der Waals surface area contributed by atoms with Crippen LogP contribution in [0.3, 0.4) is 0 Å². The van der Waals surface area contributed by atoms with Gasteiger partial charge in [0.1, 0.15) is 0 Å². The van der Waals surface area contributed by atoms with E-state index < -0.39 is 0 Å². The van der Waals surface area contributed by atoms with Gasteiger partial charge in [0.15, 0.2) is 5.78 Å². The SMILES string of the molecule is N#Cc1ccc(C(=O)C2CC3COCC(C2)N3)cc1. The Balaban J connectivity index is 1.74. The molecule has 2 bridgehead atoms. The van der Waals surface area contributed by atoms with Crippen LogP contribution in [-0.4, -0.2) is 31.1 Å². The molecule has 2 aliphatic rings. The van der Waals surface area contributed by atoms with Crippen LogP contribution in [0.5, 0.6) is 0 Å². The predicted octanol–water partition coefficient (Wildman–Crippen LogP) is 1.51. The van der Waals surface area contributed by atoms with Gasteiger partial charge in [0.25, 0.3) is 0 Å². The molecule has 1 N–H and O–H groups in total. The van der Waals surface area contributed by atoms with E-state index in [0.717, 1.165) is 12.8 Å². The van der Waals surface area contributed by atoms with Gasteiger partial charge in [0, 0.05) is 23.6 Å². The molecule has 0 aliphatic carbocycles. The number of ketones is 1. The molecule has 0 spiro atoms. The fourth-order valence-electron chi connectivity index (χ4n) is 3.00. The summed E-state index contributed by atoms with van der Waals surface area (Å²) < 4.78 is 5.49. The van der Waals surface area contributed by atoms with Crippen molar-refractivity contribution >= 4 is 5.78 Å². The van der Waals surface area contributed by atoms with Crippen molar-refractivity contribution in [3.8, 4) is 6.07 Å². The van der Waals surface area contributed by atoms with E-state index in [1.165, 1.54) is 0 Å². The average molecular weight is 256 g/mol. The molecule has 4 heteroatoms. The van der Waals surface area contributed by atoms with Crippen LogP contribution in [0.15, 0.2) is 24.3 Å². The van der Waals surface area contributed by atoms with Crippen LogP contribution in [-0.2, 0) is 4.74 Å². The van der Waals surface area contributed by atoms with Crippen molar-refractivity contribution in [1.82, 2.24) is 5.32 Å². The molecule has 2 fully saturated rings. The predicted molar refractivity (Wildman–Crippen MR) is 69.7 cm³/mol. The molecule has 2 unspecified atom stereocenters. The summed E-state index contributed by atoms with van der Waals surface area (Å²) in [5, 5.41) is 12.3. The van der Waals surface area contributed by atoms with Gasteiger partial charge in [0.2, 0.25) is 0 Å². The van der Waals surface area contributed by atoms with Gasteiger partial charge in [0.05, 0.1) is 24.8 Å². The van der Waals surface area contributed by atoms with Crippen LogP contribution in [0.25, 0.3) is 0 Å². The molecule has 0 saturated carbocycles. The molecule has 0 aromatic heterocycles. The van der Waals surface area contributed by atoms with Crippen molar-refractivity contribution in [3.05, 3.63) is 35.4 Å². The van der Waals surface area contributed by atoms with Gasteiger partial charge < -0.3 is 10.1 Å². The molecule has 2 aliphatic heterocycles. The third-order valence-corrected chi connectivity index (χ3v) is 3.92. The van der Waals surface area contributed by atoms with Crippen molar-refractivity contribution in [1.29, 1.82) is 5.26 Å². The second kappa shape index (κ2) is 5.12. The smallest absolute Gasteiger partial charge is 0.166 e. The highest BCUT2D eigenvalue weighted by Crippen LogP contribution is 2.27. The molecule has 3 rings (SSSR count). The number of carbonyl (C=O) groups is 1. The van der Waals surface area contributed by atoms with Crippen LogP contribution in [0.4, 0.5) is 0 Å². The van der Waals surface area contributed by atoms with Crippen molar-refractivity contribution in [2.75, 3.05) is 13.2 Å². The average Bonchev–Trinajstić information content (AvgIpc) is 2.46. The lowest BCUT2D eigenvalue weighted by atomic mass is 9.82. The molecule has 2 atom stereocenters. The molecule has 98 valence electrons. The van der Waals surface area contributed by atoms with Crippen LogP contribution >= 0.6 is 0 Å². The quantitative estimate of drug-likeness (QED) is 0.815. The van der Waals surface area contributed by atoms with Gasteiger partial charge in [-0.3, -0.25) is 4.79 Å². The summed E-state index contributed by atoms with van der Waals surface area (Å²) in [5.41, 5.74) is 1.30. The number of nitrogens with one attached hydrogen (secondary N) is 1. The summed E-state index contributed by atoms with van der Waals surface area (Å²) in [5.74, 6) is 0.274. The van der Waals surface area contributed by atoms with Crippen molar-refractivity contribution in [2.45, 2.75) is 24.9 Å². The number of rotatable bonds is 2. The largest absolute Gasteiger partial charge is 0.378 e. The molecule has 19 heavy (non-hydrogen) atoms. The van der Waals surface area contributed by atoms with Crippen LogP contribution < -0.4 is 5.32 Å². The van der Waals surface area contributed by atoms with Gasteiger partial charge >= 0.3 is 0 Å². The Morgan fingerprint density at radius 2 is 1.84 bits per heavy atom. The Morgan fingerprint density at radius 1 is 1.21 bits per heavy atom. The van der Waals surface area contributed by atoms with Gasteiger partial charge in [-0.2, -0.15) is 5.26 Å². The fourth-order valence-corrected chi connectivity index (χ4v) is 3.00. The normalized spacial score (nSPS) is 29.5. The van der Waals surface area contributed by atoms with Gasteiger partial charge in [-0.25, -0.2) is 0 Å². The van der Waals surface area contributed by atoms with Crippen LogP contribution in [0.2, 0.25) is 0 Å². The first kappa shape index (κ1) is 12.3. The van der Waals surface area contributed by atoms with E-state index in [1.54, 1.807) is 24.3 Å². The lowest BCUT2D eigenvalue weighted by molar-refractivity contribution is 0.00953. The van der Waals surface area contributed by atoms with Crippen molar-refractivity contribution in [2.24, 2.45) is 5.92 Å². The summed E-state index contributed by atoms with van der Waals surface area (Å²) in [7, 11) is 0. The molecule has 2 heterocycles. The number of hydrogen-bond donors (Lipinski definition) is 1. The number of ether oxygens (including phenoxy) is 1. The van der Waals surface area contributed by atoms with Crippen molar-refractivity contribution < 1.29 is 9.53 Å². The summed E-state index contributed by atoms with van der Waals surface area (Å²) >= 11 is 0. The van der Waals surface area contributed by atoms with E-state index in [2.05, 4.69) is 11.4 Å². The Hall–Kier alpha value is -1.70. The monoisotopic (exact) mass is 256 g/mol. The molecular formula is C15H16N2O2. The lowest BCUT2D eigenvalue weighted by Crippen LogP contribution is -2.55. The Bertz CT molecular complexity index is 506. The summed E-state index contributed by atoms with van der Waals surface area (Å²) in [4.78, 5) is 12.5. The van der Waals surface area contributed by atoms with Crippen LogP contribution in [0, 0.1) is 17.2 Å². The molecule has 1 aromatic rings. The number of hydrogen-bond acceptors (Lipinski definition) is 4. The first-order chi connectivity index (χ1) is 9.26. The summed E-state index contributed by atoms with van der Waals surface area (Å²) in [6.45, 7) is 1.40. The van der Waals surface area contributed by atoms with Gasteiger partial charge in [-0.05, 0) is 25.0 Å². The number of piperidine rings is 1. The topological polar surface area (TPSA) is 62.1 Å². The molecular weight excluding hydrogens is 240 g/mol. The highest BCUT2D eigenvalue weighted by atomic mass is 16.5. The number of fused-ring (bicyclic) bond motifs is 2. The highest BCUT2D eigenvalue weighted by molar-refractivity contribution is 5.98. The maximum Gasteiger partial charge on any atom is 0.166 e. The second-order valence-electron chi connectivity index (χ2n) is 5.32. The first-order valence-electron chi connectivity index (χ1n) is 6.64. The fraction of sp³-hybridized carbons (Fsp3) is 0.467. The maximum absolute atomic E-state index is 12.5. The first-order valence-corrected chi connectivity index (χ1v) is 6.64. The number of morpholine rings is 1. The summed E-state index contributed by atoms with van der Waals surface area (Å²) in [6.07, 6.45) is 1.69. The zero-order valence-electron chi connectivity index (χ0n) is 10.6. The molecule has 0 radical (unpaired) electrons. The minimum atomic E-state index is 0.0769. The zero-order valence-corrected chi connectivity index (χ0v) is 10.6. The third-order valence-electron chi connectivity index (χ3n) is 3.92. The number of Topliss-reactive ketones (excluding diaryl/α,β-unsaturated/α-hetero) is 1. The minimum Gasteiger partial charge on any atom is -0.378 e. The second-order valence-corrected chi connectivity index (χ2v) is 5.32.